The molecule has 35 heavy (non-hydrogen) atoms. The number of hydrogen-bond acceptors (Lipinski definition) is 5. The number of amides is 1. The first-order chi connectivity index (χ1) is 17.2. The van der Waals surface area contributed by atoms with Gasteiger partial charge in [0, 0.05) is 47.5 Å². The Bertz CT molecular complexity index is 1250. The number of carbonyl (C=O) groups is 1. The predicted molar refractivity (Wildman–Crippen MR) is 139 cm³/mol. The maximum Gasteiger partial charge on any atom is 0.256 e. The molecule has 0 aliphatic carbocycles. The number of anilines is 1. The fourth-order valence-electron chi connectivity index (χ4n) is 5.46. The van der Waals surface area contributed by atoms with E-state index in [1.807, 2.05) is 24.3 Å². The predicted octanol–water partition coefficient (Wildman–Crippen LogP) is 3.84. The van der Waals surface area contributed by atoms with E-state index in [-0.39, 0.29) is 5.91 Å². The zero-order chi connectivity index (χ0) is 23.6. The third-order valence-corrected chi connectivity index (χ3v) is 7.33. The molecule has 0 radical (unpaired) electrons. The van der Waals surface area contributed by atoms with Crippen LogP contribution in [0.2, 0.25) is 0 Å². The van der Waals surface area contributed by atoms with Crippen LogP contribution in [-0.4, -0.2) is 68.3 Å². The van der Waals surface area contributed by atoms with Gasteiger partial charge in [-0.1, -0.05) is 12.1 Å². The monoisotopic (exact) mass is 472 g/mol. The highest BCUT2D eigenvalue weighted by atomic mass is 16.5. The van der Waals surface area contributed by atoms with Crippen LogP contribution in [0.1, 0.15) is 35.6 Å². The van der Waals surface area contributed by atoms with Crippen molar-refractivity contribution in [2.45, 2.75) is 18.8 Å². The molecule has 2 saturated heterocycles. The molecule has 0 saturated carbocycles. The van der Waals surface area contributed by atoms with Crippen LogP contribution in [0.15, 0.2) is 42.5 Å². The molecule has 0 atom stereocenters. The molecule has 3 aliphatic rings. The highest BCUT2D eigenvalue weighted by Gasteiger charge is 2.30. The number of piperidine rings is 1. The van der Waals surface area contributed by atoms with Gasteiger partial charge in [0.05, 0.1) is 18.8 Å². The number of hydrogen-bond donors (Lipinski definition) is 3. The van der Waals surface area contributed by atoms with E-state index in [1.54, 1.807) is 0 Å². The van der Waals surface area contributed by atoms with Crippen LogP contribution >= 0.6 is 0 Å². The summed E-state index contributed by atoms with van der Waals surface area (Å²) in [6.07, 6.45) is 4.18. The van der Waals surface area contributed by atoms with E-state index in [0.29, 0.717) is 12.5 Å². The minimum absolute atomic E-state index is 0.0350. The number of nitrogens with one attached hydrogen (secondary N) is 3. The van der Waals surface area contributed by atoms with E-state index < -0.39 is 0 Å². The molecule has 2 aromatic carbocycles. The second-order valence-corrected chi connectivity index (χ2v) is 9.58. The maximum atomic E-state index is 13.0. The first-order valence-electron chi connectivity index (χ1n) is 12.7. The second-order valence-electron chi connectivity index (χ2n) is 9.58. The van der Waals surface area contributed by atoms with Crippen molar-refractivity contribution >= 4 is 34.1 Å². The minimum atomic E-state index is -0.0350. The molecule has 182 valence electrons. The fourth-order valence-corrected chi connectivity index (χ4v) is 5.46. The van der Waals surface area contributed by atoms with Gasteiger partial charge >= 0.3 is 0 Å². The Kier molecular flexibility index (Phi) is 6.29. The number of aromatic amines is 1. The second kappa shape index (κ2) is 9.85. The summed E-state index contributed by atoms with van der Waals surface area (Å²) in [4.78, 5) is 18.8. The number of ether oxygens (including phenoxy) is 2. The molecule has 3 N–H and O–H groups in total. The van der Waals surface area contributed by atoms with Gasteiger partial charge in [0.25, 0.3) is 5.91 Å². The summed E-state index contributed by atoms with van der Waals surface area (Å²) in [5.41, 5.74) is 5.95. The molecule has 6 rings (SSSR count). The number of aromatic nitrogens is 1. The van der Waals surface area contributed by atoms with Gasteiger partial charge in [-0.3, -0.25) is 9.69 Å². The summed E-state index contributed by atoms with van der Waals surface area (Å²) in [7, 11) is 0. The summed E-state index contributed by atoms with van der Waals surface area (Å²) in [6, 6.07) is 14.5. The van der Waals surface area contributed by atoms with Crippen LogP contribution < -0.4 is 15.4 Å². The maximum absolute atomic E-state index is 13.0. The van der Waals surface area contributed by atoms with Gasteiger partial charge in [0.15, 0.2) is 0 Å². The van der Waals surface area contributed by atoms with Crippen LogP contribution in [0.4, 0.5) is 5.69 Å². The zero-order valence-electron chi connectivity index (χ0n) is 19.9. The molecule has 3 aliphatic heterocycles. The SMILES string of the molecule is O=C1Nc2cccc(C3CCNCC3)c2/C1=C\c1cc2cc(OCCN3CCOCC3)ccc2[nH]1. The Morgan fingerprint density at radius 1 is 1.09 bits per heavy atom. The number of rotatable bonds is 6. The van der Waals surface area contributed by atoms with E-state index in [2.05, 4.69) is 44.8 Å². The third kappa shape index (κ3) is 4.72. The average Bonchev–Trinajstić information content (AvgIpc) is 3.44. The molecule has 0 spiro atoms. The Labute approximate surface area is 205 Å². The summed E-state index contributed by atoms with van der Waals surface area (Å²) in [6.45, 7) is 7.14. The van der Waals surface area contributed by atoms with Crippen molar-refractivity contribution in [2.75, 3.05) is 57.9 Å². The van der Waals surface area contributed by atoms with Crippen molar-refractivity contribution in [2.24, 2.45) is 0 Å². The lowest BCUT2D eigenvalue weighted by atomic mass is 9.85. The summed E-state index contributed by atoms with van der Waals surface area (Å²) in [5, 5.41) is 7.59. The number of nitrogens with zero attached hydrogens (tertiary/aromatic N) is 1. The van der Waals surface area contributed by atoms with Gasteiger partial charge in [-0.05, 0) is 73.8 Å². The van der Waals surface area contributed by atoms with Crippen LogP contribution in [0.25, 0.3) is 22.6 Å². The largest absolute Gasteiger partial charge is 0.492 e. The highest BCUT2D eigenvalue weighted by molar-refractivity contribution is 6.35. The first-order valence-corrected chi connectivity index (χ1v) is 12.7. The van der Waals surface area contributed by atoms with Crippen molar-refractivity contribution in [1.29, 1.82) is 0 Å². The van der Waals surface area contributed by atoms with E-state index >= 15 is 0 Å². The van der Waals surface area contributed by atoms with Crippen molar-refractivity contribution < 1.29 is 14.3 Å². The smallest absolute Gasteiger partial charge is 0.256 e. The zero-order valence-corrected chi connectivity index (χ0v) is 19.9. The minimum Gasteiger partial charge on any atom is -0.492 e. The van der Waals surface area contributed by atoms with Gasteiger partial charge in [0.1, 0.15) is 12.4 Å². The normalized spacial score (nSPS) is 20.3. The Balaban J connectivity index is 1.23. The van der Waals surface area contributed by atoms with Gasteiger partial charge in [-0.2, -0.15) is 0 Å². The molecule has 0 unspecified atom stereocenters. The average molecular weight is 473 g/mol. The Morgan fingerprint density at radius 2 is 1.94 bits per heavy atom. The van der Waals surface area contributed by atoms with Crippen LogP contribution in [0.3, 0.4) is 0 Å². The molecule has 0 bridgehead atoms. The lowest BCUT2D eigenvalue weighted by Gasteiger charge is -2.26. The summed E-state index contributed by atoms with van der Waals surface area (Å²) >= 11 is 0. The van der Waals surface area contributed by atoms with E-state index in [0.717, 1.165) is 97.9 Å². The number of H-pyrrole nitrogens is 1. The van der Waals surface area contributed by atoms with Crippen LogP contribution in [0, 0.1) is 0 Å². The lowest BCUT2D eigenvalue weighted by Crippen LogP contribution is -2.38. The first kappa shape index (κ1) is 22.3. The van der Waals surface area contributed by atoms with Crippen molar-refractivity contribution in [3.05, 3.63) is 59.3 Å². The lowest BCUT2D eigenvalue weighted by molar-refractivity contribution is -0.110. The van der Waals surface area contributed by atoms with Crippen LogP contribution in [0.5, 0.6) is 5.75 Å². The number of benzene rings is 2. The van der Waals surface area contributed by atoms with E-state index in [9.17, 15) is 4.79 Å². The quantitative estimate of drug-likeness (QED) is 0.475. The topological polar surface area (TPSA) is 78.6 Å². The van der Waals surface area contributed by atoms with Gasteiger partial charge < -0.3 is 25.1 Å². The molecule has 4 heterocycles. The molecule has 1 amide bonds. The summed E-state index contributed by atoms with van der Waals surface area (Å²) < 4.78 is 11.4. The molecule has 7 nitrogen and oxygen atoms in total. The highest BCUT2D eigenvalue weighted by Crippen LogP contribution is 2.41. The molecule has 7 heteroatoms. The molecular formula is C28H32N4O3. The van der Waals surface area contributed by atoms with E-state index in [1.165, 1.54) is 5.56 Å². The number of morpholine rings is 1. The van der Waals surface area contributed by atoms with E-state index in [4.69, 9.17) is 9.47 Å². The number of fused-ring (bicyclic) bond motifs is 2. The number of carbonyl (C=O) groups excluding carboxylic acids is 1. The van der Waals surface area contributed by atoms with Crippen molar-refractivity contribution in [3.63, 3.8) is 0 Å². The molecule has 3 aromatic rings. The van der Waals surface area contributed by atoms with Crippen molar-refractivity contribution in [1.82, 2.24) is 15.2 Å². The molecular weight excluding hydrogens is 440 g/mol. The van der Waals surface area contributed by atoms with Gasteiger partial charge in [0.2, 0.25) is 0 Å². The van der Waals surface area contributed by atoms with Crippen LogP contribution in [-0.2, 0) is 9.53 Å². The standard InChI is InChI=1S/C28H32N4O3/c33-28-24(27-23(2-1-3-26(27)31-28)19-6-8-29-9-7-19)18-21-16-20-17-22(4-5-25(20)30-21)35-15-12-32-10-13-34-14-11-32/h1-5,16-19,29-30H,6-15H2,(H,31,33)/b24-18+. The van der Waals surface area contributed by atoms with Gasteiger partial charge in [-0.25, -0.2) is 0 Å². The fraction of sp³-hybridized carbons (Fsp3) is 0.393. The van der Waals surface area contributed by atoms with Gasteiger partial charge in [-0.15, -0.1) is 0 Å². The Morgan fingerprint density at radius 3 is 2.80 bits per heavy atom. The molecule has 2 fully saturated rings. The summed E-state index contributed by atoms with van der Waals surface area (Å²) in [5.74, 6) is 1.30. The van der Waals surface area contributed by atoms with Crippen molar-refractivity contribution in [3.8, 4) is 5.75 Å². The molecule has 1 aromatic heterocycles. The Hall–Kier alpha value is -3.13. The third-order valence-electron chi connectivity index (χ3n) is 7.33.